The number of halogens is 4. The van der Waals surface area contributed by atoms with E-state index < -0.39 is 52.9 Å². The number of amides is 1. The predicted octanol–water partition coefficient (Wildman–Crippen LogP) is 7.61. The molecule has 2 aromatic heterocycles. The number of piperazine rings is 1. The highest BCUT2D eigenvalue weighted by Gasteiger charge is 2.48. The first-order chi connectivity index (χ1) is 30.8. The highest BCUT2D eigenvalue weighted by molar-refractivity contribution is 7.92. The number of alkyl halides is 3. The number of hydrogen-bond donors (Lipinski definition) is 4. The number of aromatic amines is 1. The Morgan fingerprint density at radius 2 is 1.77 bits per heavy atom. The highest BCUT2D eigenvalue weighted by atomic mass is 35.5. The van der Waals surface area contributed by atoms with Crippen molar-refractivity contribution >= 4 is 65.3 Å². The zero-order valence-corrected chi connectivity index (χ0v) is 38.1. The second-order valence-corrected chi connectivity index (χ2v) is 21.2. The fourth-order valence-electron chi connectivity index (χ4n) is 8.35. The summed E-state index contributed by atoms with van der Waals surface area (Å²) in [4.78, 5) is 23.7. The number of sulfone groups is 1. The van der Waals surface area contributed by atoms with Gasteiger partial charge in [-0.25, -0.2) is 26.5 Å². The molecule has 1 unspecified atom stereocenters. The number of ether oxygens (including phenoxy) is 2. The van der Waals surface area contributed by atoms with Gasteiger partial charge in [-0.3, -0.25) is 9.69 Å². The van der Waals surface area contributed by atoms with Gasteiger partial charge in [0.1, 0.15) is 22.0 Å². The molecule has 2 aliphatic heterocycles. The third-order valence-corrected chi connectivity index (χ3v) is 15.1. The van der Waals surface area contributed by atoms with Crippen LogP contribution in [0.1, 0.15) is 49.0 Å². The van der Waals surface area contributed by atoms with E-state index in [2.05, 4.69) is 56.4 Å². The maximum atomic E-state index is 14.0. The summed E-state index contributed by atoms with van der Waals surface area (Å²) in [5, 5.41) is 7.12. The molecule has 14 nitrogen and oxygen atoms in total. The third kappa shape index (κ3) is 10.6. The summed E-state index contributed by atoms with van der Waals surface area (Å²) in [5.41, 5.74) is -1.01. The van der Waals surface area contributed by atoms with Crippen molar-refractivity contribution in [3.8, 4) is 11.5 Å². The van der Waals surface area contributed by atoms with Crippen LogP contribution in [0.25, 0.3) is 16.6 Å². The maximum Gasteiger partial charge on any atom is 0.501 e. The van der Waals surface area contributed by atoms with Gasteiger partial charge in [-0.2, -0.15) is 13.2 Å². The average Bonchev–Trinajstić information content (AvgIpc) is 3.75. The number of H-pyrrole nitrogens is 1. The number of fused-ring (bicyclic) bond motifs is 1. The van der Waals surface area contributed by atoms with E-state index in [1.807, 2.05) is 16.9 Å². The summed E-state index contributed by atoms with van der Waals surface area (Å²) in [6.07, 6.45) is 5.71. The summed E-state index contributed by atoms with van der Waals surface area (Å²) >= 11 is 6.23. The second kappa shape index (κ2) is 18.6. The Kier molecular flexibility index (Phi) is 13.3. The number of benzene rings is 3. The minimum atomic E-state index is -6.06. The smallest absolute Gasteiger partial charge is 0.455 e. The van der Waals surface area contributed by atoms with Gasteiger partial charge in [-0.15, -0.1) is 0 Å². The number of rotatable bonds is 13. The van der Waals surface area contributed by atoms with Crippen molar-refractivity contribution in [3.63, 3.8) is 0 Å². The molecule has 3 aromatic carbocycles. The van der Waals surface area contributed by atoms with E-state index in [1.54, 1.807) is 30.5 Å². The van der Waals surface area contributed by atoms with Gasteiger partial charge in [-0.1, -0.05) is 43.2 Å². The lowest BCUT2D eigenvalue weighted by atomic mass is 9.72. The summed E-state index contributed by atoms with van der Waals surface area (Å²) in [7, 11) is -11.0. The van der Waals surface area contributed by atoms with Crippen LogP contribution in [0.15, 0.2) is 101 Å². The summed E-state index contributed by atoms with van der Waals surface area (Å²) in [5.74, 6) is -0.941. The van der Waals surface area contributed by atoms with Crippen LogP contribution in [0.4, 0.5) is 24.5 Å². The predicted molar refractivity (Wildman–Crippen MR) is 243 cm³/mol. The van der Waals surface area contributed by atoms with E-state index in [4.69, 9.17) is 21.1 Å². The third-order valence-electron chi connectivity index (χ3n) is 12.0. The van der Waals surface area contributed by atoms with Gasteiger partial charge in [0.25, 0.3) is 25.8 Å². The molecule has 4 heterocycles. The van der Waals surface area contributed by atoms with Gasteiger partial charge in [0, 0.05) is 80.7 Å². The topological polar surface area (TPSA) is 175 Å². The number of sulfonamides is 1. The number of aromatic nitrogens is 2. The fourth-order valence-corrected chi connectivity index (χ4v) is 10.5. The molecular weight excluding hydrogens is 907 g/mol. The molecule has 1 aliphatic carbocycles. The van der Waals surface area contributed by atoms with Crippen molar-refractivity contribution < 1.29 is 44.3 Å². The van der Waals surface area contributed by atoms with Crippen molar-refractivity contribution in [2.75, 3.05) is 69.2 Å². The van der Waals surface area contributed by atoms with Crippen LogP contribution in [0, 0.1) is 5.41 Å². The minimum absolute atomic E-state index is 0.0174. The number of carbonyl (C=O) groups is 1. The van der Waals surface area contributed by atoms with E-state index in [-0.39, 0.29) is 29.0 Å². The maximum absolute atomic E-state index is 14.0. The zero-order valence-electron chi connectivity index (χ0n) is 35.7. The summed E-state index contributed by atoms with van der Waals surface area (Å²) in [6, 6.07) is 18.4. The standard InChI is InChI=1S/C45H49ClF3N7O7S2/c1-44(2)13-11-31(38(24-44)29-3-5-32(46)6-4-29)28-55-16-18-56(19-17-55)33-7-9-37(40(22-33)63-34-21-30-12-14-51-42(30)53-26-34)43(57)54-65(60,61)36-8-10-39(52-27-35-25-50-15-20-62-35)41(23-36)64(58,59)45(47,48)49/h3-10,12,14,21-23,26,35,50,52H,11,13,15-20,24-25,27-28H2,1-2H3,(H,51,53)(H,54,57). The molecule has 346 valence electrons. The van der Waals surface area contributed by atoms with Crippen LogP contribution in [-0.4, -0.2) is 108 Å². The zero-order chi connectivity index (χ0) is 46.1. The Morgan fingerprint density at radius 1 is 1.00 bits per heavy atom. The van der Waals surface area contributed by atoms with E-state index in [1.165, 1.54) is 29.0 Å². The van der Waals surface area contributed by atoms with Crippen molar-refractivity contribution in [1.29, 1.82) is 0 Å². The molecule has 0 bridgehead atoms. The Morgan fingerprint density at radius 3 is 2.49 bits per heavy atom. The van der Waals surface area contributed by atoms with Crippen LogP contribution in [0.2, 0.25) is 5.02 Å². The Labute approximate surface area is 380 Å². The van der Waals surface area contributed by atoms with Gasteiger partial charge < -0.3 is 30.0 Å². The molecule has 0 radical (unpaired) electrons. The lowest BCUT2D eigenvalue weighted by Crippen LogP contribution is -2.47. The first-order valence-electron chi connectivity index (χ1n) is 21.1. The summed E-state index contributed by atoms with van der Waals surface area (Å²) < 4.78 is 109. The van der Waals surface area contributed by atoms with Crippen molar-refractivity contribution in [1.82, 2.24) is 24.9 Å². The first kappa shape index (κ1) is 46.4. The van der Waals surface area contributed by atoms with Gasteiger partial charge in [0.05, 0.1) is 35.1 Å². The largest absolute Gasteiger partial charge is 0.501 e. The molecule has 0 spiro atoms. The molecule has 4 N–H and O–H groups in total. The van der Waals surface area contributed by atoms with Gasteiger partial charge >= 0.3 is 5.51 Å². The number of carbonyl (C=O) groups excluding carboxylic acids is 1. The number of pyridine rings is 1. The average molecular weight is 957 g/mol. The monoisotopic (exact) mass is 955 g/mol. The molecule has 3 aliphatic rings. The minimum Gasteiger partial charge on any atom is -0.455 e. The molecule has 1 atom stereocenters. The highest BCUT2D eigenvalue weighted by Crippen LogP contribution is 2.44. The Bertz CT molecular complexity index is 2820. The number of nitrogens with zero attached hydrogens (tertiary/aromatic N) is 3. The van der Waals surface area contributed by atoms with Crippen molar-refractivity contribution in [3.05, 3.63) is 107 Å². The number of anilines is 2. The number of hydrogen-bond acceptors (Lipinski definition) is 12. The second-order valence-electron chi connectivity index (χ2n) is 17.2. The Balaban J connectivity index is 1.03. The lowest BCUT2D eigenvalue weighted by molar-refractivity contribution is -0.0435. The van der Waals surface area contributed by atoms with E-state index in [0.717, 1.165) is 51.0 Å². The number of nitrogens with one attached hydrogen (secondary N) is 4. The van der Waals surface area contributed by atoms with Crippen LogP contribution < -0.4 is 25.0 Å². The van der Waals surface area contributed by atoms with E-state index >= 15 is 0 Å². The van der Waals surface area contributed by atoms with Gasteiger partial charge in [0.15, 0.2) is 0 Å². The van der Waals surface area contributed by atoms with Crippen LogP contribution in [-0.2, 0) is 24.6 Å². The van der Waals surface area contributed by atoms with E-state index in [9.17, 15) is 34.8 Å². The van der Waals surface area contributed by atoms with Gasteiger partial charge in [0.2, 0.25) is 0 Å². The lowest BCUT2D eigenvalue weighted by Gasteiger charge is -2.39. The molecule has 8 rings (SSSR count). The van der Waals surface area contributed by atoms with Crippen molar-refractivity contribution in [2.45, 2.75) is 54.5 Å². The molecule has 20 heteroatoms. The molecule has 5 aromatic rings. The fraction of sp³-hybridized carbons (Fsp3) is 0.378. The van der Waals surface area contributed by atoms with Gasteiger partial charge in [-0.05, 0) is 90.4 Å². The number of morpholine rings is 1. The molecular formula is C45H49ClF3N7O7S2. The molecule has 0 saturated carbocycles. The normalized spacial score (nSPS) is 18.7. The quantitative estimate of drug-likeness (QED) is 0.0911. The Hall–Kier alpha value is -5.18. The SMILES string of the molecule is CC1(C)CCC(CN2CCN(c3ccc(C(=O)NS(=O)(=O)c4ccc(NCC5CNCCO5)c(S(=O)(=O)C(F)(F)F)c4)c(Oc4cnc5[nH]ccc5c4)c3)CC2)=C(c2ccc(Cl)cc2)C1. The number of allylic oxidation sites excluding steroid dienone is 1. The van der Waals surface area contributed by atoms with Crippen molar-refractivity contribution in [2.24, 2.45) is 5.41 Å². The van der Waals surface area contributed by atoms with E-state index in [0.29, 0.717) is 60.6 Å². The van der Waals surface area contributed by atoms with Crippen LogP contribution >= 0.6 is 11.6 Å². The molecule has 2 fully saturated rings. The molecule has 1 amide bonds. The van der Waals surface area contributed by atoms with Crippen LogP contribution in [0.3, 0.4) is 0 Å². The molecule has 65 heavy (non-hydrogen) atoms. The summed E-state index contributed by atoms with van der Waals surface area (Å²) in [6.45, 7) is 9.41. The molecule has 2 saturated heterocycles. The van der Waals surface area contributed by atoms with Crippen LogP contribution in [0.5, 0.6) is 11.5 Å². The first-order valence-corrected chi connectivity index (χ1v) is 24.5.